The molecule has 1 heterocycles. The van der Waals surface area contributed by atoms with E-state index in [0.717, 1.165) is 25.8 Å². The predicted octanol–water partition coefficient (Wildman–Crippen LogP) is 0.900. The minimum atomic E-state index is 0.233. The molecule has 0 aromatic carbocycles. The quantitative estimate of drug-likeness (QED) is 0.469. The first-order chi connectivity index (χ1) is 4.74. The molecule has 1 aliphatic heterocycles. The average Bonchev–Trinajstić information content (AvgIpc) is 1.88. The third-order valence-corrected chi connectivity index (χ3v) is 2.94. The van der Waals surface area contributed by atoms with Gasteiger partial charge in [-0.25, -0.2) is 0 Å². The number of halogens is 1. The molecule has 2 atom stereocenters. The van der Waals surface area contributed by atoms with Crippen LogP contribution < -0.4 is 0 Å². The number of aldehydes is 1. The average molecular weight is 206 g/mol. The molecule has 2 nitrogen and oxygen atoms in total. The van der Waals surface area contributed by atoms with Crippen molar-refractivity contribution in [2.75, 3.05) is 20.1 Å². The normalized spacial score (nSPS) is 35.8. The molecule has 0 aromatic heterocycles. The van der Waals surface area contributed by atoms with Gasteiger partial charge in [0.05, 0.1) is 0 Å². The summed E-state index contributed by atoms with van der Waals surface area (Å²) in [6, 6.07) is 0. The molecule has 1 aliphatic rings. The Morgan fingerprint density at radius 3 is 2.90 bits per heavy atom. The number of rotatable bonds is 1. The molecule has 1 saturated heterocycles. The molecule has 0 aromatic rings. The maximum absolute atomic E-state index is 10.4. The Morgan fingerprint density at radius 2 is 2.40 bits per heavy atom. The molecule has 0 amide bonds. The van der Waals surface area contributed by atoms with Crippen LogP contribution in [0.3, 0.4) is 0 Å². The first-order valence-corrected chi connectivity index (χ1v) is 4.43. The molecule has 1 fully saturated rings. The highest BCUT2D eigenvalue weighted by Gasteiger charge is 2.24. The topological polar surface area (TPSA) is 20.3 Å². The van der Waals surface area contributed by atoms with E-state index >= 15 is 0 Å². The van der Waals surface area contributed by atoms with Gasteiger partial charge in [-0.1, -0.05) is 15.9 Å². The van der Waals surface area contributed by atoms with Gasteiger partial charge >= 0.3 is 0 Å². The van der Waals surface area contributed by atoms with Gasteiger partial charge in [0.2, 0.25) is 0 Å². The second-order valence-corrected chi connectivity index (χ2v) is 4.04. The lowest BCUT2D eigenvalue weighted by molar-refractivity contribution is -0.111. The van der Waals surface area contributed by atoms with Crippen molar-refractivity contribution in [3.05, 3.63) is 0 Å². The van der Waals surface area contributed by atoms with E-state index in [4.69, 9.17) is 0 Å². The van der Waals surface area contributed by atoms with E-state index < -0.39 is 0 Å². The minimum Gasteiger partial charge on any atom is -0.305 e. The molecule has 0 saturated carbocycles. The summed E-state index contributed by atoms with van der Waals surface area (Å²) in [4.78, 5) is 13.0. The lowest BCUT2D eigenvalue weighted by Crippen LogP contribution is -2.39. The highest BCUT2D eigenvalue weighted by Crippen LogP contribution is 2.20. The molecule has 0 radical (unpaired) electrons. The molecule has 10 heavy (non-hydrogen) atoms. The monoisotopic (exact) mass is 205 g/mol. The van der Waals surface area contributed by atoms with Crippen molar-refractivity contribution in [1.29, 1.82) is 0 Å². The molecule has 0 aliphatic carbocycles. The highest BCUT2D eigenvalue weighted by molar-refractivity contribution is 9.09. The Morgan fingerprint density at radius 1 is 1.70 bits per heavy atom. The lowest BCUT2D eigenvalue weighted by atomic mass is 9.99. The summed E-state index contributed by atoms with van der Waals surface area (Å²) in [6.07, 6.45) is 2.06. The fraction of sp³-hybridized carbons (Fsp3) is 0.857. The van der Waals surface area contributed by atoms with Crippen LogP contribution in [-0.4, -0.2) is 36.2 Å². The van der Waals surface area contributed by atoms with Gasteiger partial charge in [0.1, 0.15) is 6.29 Å². The molecular weight excluding hydrogens is 194 g/mol. The van der Waals surface area contributed by atoms with Crippen molar-refractivity contribution < 1.29 is 4.79 Å². The molecule has 0 spiro atoms. The zero-order chi connectivity index (χ0) is 7.56. The Bertz CT molecular complexity index is 129. The SMILES string of the molecule is CN1CCC(C=O)C(Br)C1. The number of piperidine rings is 1. The van der Waals surface area contributed by atoms with Crippen molar-refractivity contribution in [3.63, 3.8) is 0 Å². The fourth-order valence-electron chi connectivity index (χ4n) is 1.23. The standard InChI is InChI=1S/C7H12BrNO/c1-9-3-2-6(5-10)7(8)4-9/h5-7H,2-4H2,1H3. The molecule has 1 rings (SSSR count). The van der Waals surface area contributed by atoms with Crippen molar-refractivity contribution in [3.8, 4) is 0 Å². The van der Waals surface area contributed by atoms with Crippen molar-refractivity contribution in [2.24, 2.45) is 5.92 Å². The van der Waals surface area contributed by atoms with Crippen LogP contribution in [0, 0.1) is 5.92 Å². The van der Waals surface area contributed by atoms with Crippen LogP contribution in [0.15, 0.2) is 0 Å². The van der Waals surface area contributed by atoms with Crippen LogP contribution >= 0.6 is 15.9 Å². The van der Waals surface area contributed by atoms with Gasteiger partial charge in [0.25, 0.3) is 0 Å². The number of likely N-dealkylation sites (tertiary alicyclic amines) is 1. The molecule has 0 N–H and O–H groups in total. The van der Waals surface area contributed by atoms with E-state index in [1.54, 1.807) is 0 Å². The van der Waals surface area contributed by atoms with Gasteiger partial charge in [-0.15, -0.1) is 0 Å². The summed E-state index contributed by atoms with van der Waals surface area (Å²) in [5, 5.41) is 0. The smallest absolute Gasteiger partial charge is 0.124 e. The maximum atomic E-state index is 10.4. The van der Waals surface area contributed by atoms with E-state index in [0.29, 0.717) is 4.83 Å². The Hall–Kier alpha value is 0.110. The summed E-state index contributed by atoms with van der Waals surface area (Å²) in [5.41, 5.74) is 0. The summed E-state index contributed by atoms with van der Waals surface area (Å²) >= 11 is 3.48. The zero-order valence-corrected chi connectivity index (χ0v) is 7.67. The van der Waals surface area contributed by atoms with E-state index in [9.17, 15) is 4.79 Å². The number of nitrogens with zero attached hydrogens (tertiary/aromatic N) is 1. The molecular formula is C7H12BrNO. The van der Waals surface area contributed by atoms with E-state index in [2.05, 4.69) is 27.9 Å². The molecule has 0 bridgehead atoms. The summed E-state index contributed by atoms with van der Waals surface area (Å²) in [5.74, 6) is 0.233. The highest BCUT2D eigenvalue weighted by atomic mass is 79.9. The Kier molecular flexibility index (Phi) is 2.86. The van der Waals surface area contributed by atoms with Gasteiger partial charge in [0, 0.05) is 17.3 Å². The largest absolute Gasteiger partial charge is 0.305 e. The number of carbonyl (C=O) groups is 1. The summed E-state index contributed by atoms with van der Waals surface area (Å²) in [7, 11) is 2.08. The number of hydrogen-bond donors (Lipinski definition) is 0. The van der Waals surface area contributed by atoms with Crippen LogP contribution in [0.5, 0.6) is 0 Å². The van der Waals surface area contributed by atoms with Crippen LogP contribution in [0.2, 0.25) is 0 Å². The summed E-state index contributed by atoms with van der Waals surface area (Å²) < 4.78 is 0. The van der Waals surface area contributed by atoms with E-state index in [-0.39, 0.29) is 5.92 Å². The maximum Gasteiger partial charge on any atom is 0.124 e. The van der Waals surface area contributed by atoms with Crippen molar-refractivity contribution in [2.45, 2.75) is 11.2 Å². The van der Waals surface area contributed by atoms with Crippen molar-refractivity contribution in [1.82, 2.24) is 4.90 Å². The second-order valence-electron chi connectivity index (χ2n) is 2.87. The molecule has 2 unspecified atom stereocenters. The van der Waals surface area contributed by atoms with Gasteiger partial charge in [0.15, 0.2) is 0 Å². The van der Waals surface area contributed by atoms with Crippen LogP contribution in [-0.2, 0) is 4.79 Å². The third kappa shape index (κ3) is 1.80. The van der Waals surface area contributed by atoms with Crippen LogP contribution in [0.4, 0.5) is 0 Å². The lowest BCUT2D eigenvalue weighted by Gasteiger charge is -2.30. The van der Waals surface area contributed by atoms with Gasteiger partial charge < -0.3 is 9.69 Å². The fourth-order valence-corrected chi connectivity index (χ4v) is 2.11. The van der Waals surface area contributed by atoms with Gasteiger partial charge in [-0.05, 0) is 20.0 Å². The Balaban J connectivity index is 2.43. The van der Waals surface area contributed by atoms with Crippen molar-refractivity contribution >= 4 is 22.2 Å². The molecule has 58 valence electrons. The zero-order valence-electron chi connectivity index (χ0n) is 6.09. The first-order valence-electron chi connectivity index (χ1n) is 3.52. The van der Waals surface area contributed by atoms with Gasteiger partial charge in [-0.2, -0.15) is 0 Å². The first kappa shape index (κ1) is 8.21. The van der Waals surface area contributed by atoms with Crippen LogP contribution in [0.1, 0.15) is 6.42 Å². The summed E-state index contributed by atoms with van der Waals surface area (Å²) in [6.45, 7) is 2.04. The number of hydrogen-bond acceptors (Lipinski definition) is 2. The Labute approximate surface area is 69.7 Å². The second kappa shape index (κ2) is 3.49. The van der Waals surface area contributed by atoms with Crippen LogP contribution in [0.25, 0.3) is 0 Å². The van der Waals surface area contributed by atoms with Gasteiger partial charge in [-0.3, -0.25) is 0 Å². The van der Waals surface area contributed by atoms with E-state index in [1.165, 1.54) is 0 Å². The minimum absolute atomic E-state index is 0.233. The van der Waals surface area contributed by atoms with E-state index in [1.807, 2.05) is 0 Å². The third-order valence-electron chi connectivity index (χ3n) is 1.97. The number of carbonyl (C=O) groups excluding carboxylic acids is 1. The predicted molar refractivity (Wildman–Crippen MR) is 44.4 cm³/mol. The molecule has 3 heteroatoms. The number of alkyl halides is 1.